The predicted molar refractivity (Wildman–Crippen MR) is 87.5 cm³/mol. The Morgan fingerprint density at radius 3 is 2.55 bits per heavy atom. The zero-order valence-corrected chi connectivity index (χ0v) is 14.9. The number of ether oxygens (including phenoxy) is 1. The van der Waals surface area contributed by atoms with E-state index in [-0.39, 0.29) is 18.2 Å². The molecule has 0 amide bonds. The summed E-state index contributed by atoms with van der Waals surface area (Å²) in [5, 5.41) is 9.53. The molecule has 5 nitrogen and oxygen atoms in total. The number of Topliss-reactive ketones (excluding diaryl/α,β-unsaturated/α-hetero) is 1. The van der Waals surface area contributed by atoms with Crippen molar-refractivity contribution < 1.29 is 19.4 Å². The molecule has 0 aliphatic heterocycles. The highest BCUT2D eigenvalue weighted by Gasteiger charge is 2.33. The van der Waals surface area contributed by atoms with Crippen LogP contribution in [0.3, 0.4) is 0 Å². The fourth-order valence-electron chi connectivity index (χ4n) is 2.96. The summed E-state index contributed by atoms with van der Waals surface area (Å²) in [6, 6.07) is 1.02. The van der Waals surface area contributed by atoms with Gasteiger partial charge in [0.1, 0.15) is 12.4 Å². The summed E-state index contributed by atoms with van der Waals surface area (Å²) in [6.07, 6.45) is 1.76. The quantitative estimate of drug-likeness (QED) is 0.618. The summed E-state index contributed by atoms with van der Waals surface area (Å²) in [6.45, 7) is 9.50. The van der Waals surface area contributed by atoms with Crippen LogP contribution in [0, 0.1) is 0 Å². The molecule has 122 valence electrons. The summed E-state index contributed by atoms with van der Waals surface area (Å²) in [7, 11) is -1.18. The topological polar surface area (TPSA) is 68.5 Å². The second-order valence-electron chi connectivity index (χ2n) is 7.01. The van der Waals surface area contributed by atoms with E-state index in [1.807, 2.05) is 6.92 Å². The lowest BCUT2D eigenvalue weighted by Gasteiger charge is -2.16. The normalized spacial score (nSPS) is 14.5. The molecule has 2 rings (SSSR count). The first-order chi connectivity index (χ1) is 10.3. The fraction of sp³-hybridized carbons (Fsp3) is 0.625. The number of carboxylic acid groups (broad SMARTS) is 1. The van der Waals surface area contributed by atoms with Crippen molar-refractivity contribution in [1.82, 2.24) is 4.57 Å². The van der Waals surface area contributed by atoms with E-state index in [1.165, 1.54) is 0 Å². The van der Waals surface area contributed by atoms with E-state index in [9.17, 15) is 14.7 Å². The van der Waals surface area contributed by atoms with Gasteiger partial charge in [-0.3, -0.25) is 4.79 Å². The average molecular weight is 323 g/mol. The lowest BCUT2D eigenvalue weighted by atomic mass is 10.1. The second kappa shape index (κ2) is 6.38. The van der Waals surface area contributed by atoms with E-state index in [0.29, 0.717) is 31.6 Å². The maximum atomic E-state index is 12.1. The van der Waals surface area contributed by atoms with Gasteiger partial charge in [0.05, 0.1) is 5.69 Å². The van der Waals surface area contributed by atoms with Gasteiger partial charge in [0.25, 0.3) is 0 Å². The molecule has 0 atom stereocenters. The number of aromatic nitrogens is 1. The largest absolute Gasteiger partial charge is 0.477 e. The number of aromatic carboxylic acids is 1. The van der Waals surface area contributed by atoms with E-state index in [1.54, 1.807) is 4.57 Å². The molecule has 0 bridgehead atoms. The molecule has 1 aliphatic carbocycles. The number of hydrogen-bond acceptors (Lipinski definition) is 3. The molecule has 1 N–H and O–H groups in total. The third-order valence-electron chi connectivity index (χ3n) is 4.11. The Kier molecular flexibility index (Phi) is 4.92. The van der Waals surface area contributed by atoms with Gasteiger partial charge in [-0.1, -0.05) is 26.6 Å². The molecular weight excluding hydrogens is 298 g/mol. The van der Waals surface area contributed by atoms with Gasteiger partial charge in [0.15, 0.2) is 5.78 Å². The van der Waals surface area contributed by atoms with Crippen LogP contribution in [0.1, 0.15) is 45.4 Å². The highest BCUT2D eigenvalue weighted by molar-refractivity contribution is 6.76. The molecule has 22 heavy (non-hydrogen) atoms. The van der Waals surface area contributed by atoms with Crippen LogP contribution in [0.4, 0.5) is 0 Å². The third-order valence-corrected chi connectivity index (χ3v) is 5.82. The number of rotatable bonds is 7. The highest BCUT2D eigenvalue weighted by Crippen LogP contribution is 2.31. The van der Waals surface area contributed by atoms with Crippen LogP contribution in [0.5, 0.6) is 0 Å². The van der Waals surface area contributed by atoms with Crippen molar-refractivity contribution in [2.45, 2.75) is 58.6 Å². The van der Waals surface area contributed by atoms with Crippen LogP contribution in [0.15, 0.2) is 0 Å². The van der Waals surface area contributed by atoms with Gasteiger partial charge < -0.3 is 14.4 Å². The van der Waals surface area contributed by atoms with Gasteiger partial charge >= 0.3 is 5.97 Å². The van der Waals surface area contributed by atoms with Crippen LogP contribution < -0.4 is 0 Å². The van der Waals surface area contributed by atoms with Crippen molar-refractivity contribution in [2.24, 2.45) is 0 Å². The van der Waals surface area contributed by atoms with Gasteiger partial charge in [0.2, 0.25) is 0 Å². The number of hydrogen-bond donors (Lipinski definition) is 1. The SMILES string of the molecule is CCc1c2c(n(COCC[Si](C)(C)C)c1C(=O)O)C(=O)CC2. The highest BCUT2D eigenvalue weighted by atomic mass is 28.3. The van der Waals surface area contributed by atoms with Crippen LogP contribution in [0.25, 0.3) is 0 Å². The molecule has 0 aromatic carbocycles. The minimum absolute atomic E-state index is 0.0333. The van der Waals surface area contributed by atoms with E-state index < -0.39 is 14.0 Å². The Morgan fingerprint density at radius 2 is 2.00 bits per heavy atom. The molecule has 0 radical (unpaired) electrons. The molecule has 0 unspecified atom stereocenters. The summed E-state index contributed by atoms with van der Waals surface area (Å²) in [5.74, 6) is -0.946. The van der Waals surface area contributed by atoms with Gasteiger partial charge in [0, 0.05) is 21.1 Å². The Balaban J connectivity index is 2.26. The number of carboxylic acids is 1. The number of carbonyl (C=O) groups excluding carboxylic acids is 1. The number of carbonyl (C=O) groups is 2. The minimum Gasteiger partial charge on any atom is -0.477 e. The van der Waals surface area contributed by atoms with E-state index in [4.69, 9.17) is 4.74 Å². The first kappa shape index (κ1) is 17.0. The van der Waals surface area contributed by atoms with Crippen LogP contribution >= 0.6 is 0 Å². The van der Waals surface area contributed by atoms with Crippen molar-refractivity contribution >= 4 is 19.8 Å². The van der Waals surface area contributed by atoms with E-state index in [2.05, 4.69) is 19.6 Å². The Morgan fingerprint density at radius 1 is 1.32 bits per heavy atom. The molecule has 0 saturated carbocycles. The molecule has 1 aliphatic rings. The third kappa shape index (κ3) is 3.33. The second-order valence-corrected chi connectivity index (χ2v) is 12.6. The first-order valence-electron chi connectivity index (χ1n) is 7.84. The summed E-state index contributed by atoms with van der Waals surface area (Å²) in [5.41, 5.74) is 2.50. The van der Waals surface area contributed by atoms with Crippen LogP contribution in [-0.2, 0) is 24.3 Å². The first-order valence-corrected chi connectivity index (χ1v) is 11.6. The van der Waals surface area contributed by atoms with E-state index in [0.717, 1.165) is 17.2 Å². The van der Waals surface area contributed by atoms with E-state index >= 15 is 0 Å². The van der Waals surface area contributed by atoms with Gasteiger partial charge in [-0.15, -0.1) is 0 Å². The number of fused-ring (bicyclic) bond motifs is 1. The van der Waals surface area contributed by atoms with Crippen LogP contribution in [0.2, 0.25) is 25.7 Å². The fourth-order valence-corrected chi connectivity index (χ4v) is 3.71. The summed E-state index contributed by atoms with van der Waals surface area (Å²) >= 11 is 0. The number of ketones is 1. The maximum Gasteiger partial charge on any atom is 0.352 e. The monoisotopic (exact) mass is 323 g/mol. The van der Waals surface area contributed by atoms with Crippen molar-refractivity contribution in [3.8, 4) is 0 Å². The number of nitrogens with zero attached hydrogens (tertiary/aromatic N) is 1. The molecule has 1 aromatic rings. The van der Waals surface area contributed by atoms with Gasteiger partial charge in [-0.25, -0.2) is 4.79 Å². The Labute approximate surface area is 132 Å². The van der Waals surface area contributed by atoms with Crippen molar-refractivity contribution in [2.75, 3.05) is 6.61 Å². The van der Waals surface area contributed by atoms with Crippen molar-refractivity contribution in [3.05, 3.63) is 22.5 Å². The molecule has 6 heteroatoms. The lowest BCUT2D eigenvalue weighted by molar-refractivity contribution is 0.0613. The van der Waals surface area contributed by atoms with Crippen molar-refractivity contribution in [3.63, 3.8) is 0 Å². The molecule has 0 fully saturated rings. The summed E-state index contributed by atoms with van der Waals surface area (Å²) < 4.78 is 7.28. The lowest BCUT2D eigenvalue weighted by Crippen LogP contribution is -2.23. The molecule has 1 aromatic heterocycles. The molecule has 0 spiro atoms. The minimum atomic E-state index is -1.18. The smallest absolute Gasteiger partial charge is 0.352 e. The Hall–Kier alpha value is -1.40. The standard InChI is InChI=1S/C16H25NO4Si/c1-5-11-12-6-7-13(18)14(12)17(15(11)16(19)20)10-21-8-9-22(2,3)4/h5-10H2,1-4H3,(H,19,20). The predicted octanol–water partition coefficient (Wildman–Crippen LogP) is 3.19. The molecule has 0 saturated heterocycles. The Bertz CT molecular complexity index is 598. The molecule has 1 heterocycles. The van der Waals surface area contributed by atoms with Gasteiger partial charge in [-0.05, 0) is 30.0 Å². The van der Waals surface area contributed by atoms with Gasteiger partial charge in [-0.2, -0.15) is 0 Å². The summed E-state index contributed by atoms with van der Waals surface area (Å²) in [4.78, 5) is 23.7. The van der Waals surface area contributed by atoms with Crippen molar-refractivity contribution in [1.29, 1.82) is 0 Å². The zero-order valence-electron chi connectivity index (χ0n) is 13.9. The maximum absolute atomic E-state index is 12.1. The average Bonchev–Trinajstić information content (AvgIpc) is 2.92. The zero-order chi connectivity index (χ0) is 16.5. The van der Waals surface area contributed by atoms with Crippen LogP contribution in [-0.4, -0.2) is 36.1 Å². The molecular formula is C16H25NO4Si.